The van der Waals surface area contributed by atoms with Crippen LogP contribution in [0, 0.1) is 12.8 Å². The van der Waals surface area contributed by atoms with E-state index in [0.29, 0.717) is 6.04 Å². The third-order valence-corrected chi connectivity index (χ3v) is 4.18. The van der Waals surface area contributed by atoms with Crippen molar-refractivity contribution in [3.05, 3.63) is 24.0 Å². The molecule has 3 nitrogen and oxygen atoms in total. The fraction of sp³-hybridized carbons (Fsp3) is 0.688. The van der Waals surface area contributed by atoms with Gasteiger partial charge in [-0.25, -0.2) is 0 Å². The highest BCUT2D eigenvalue weighted by Gasteiger charge is 2.24. The number of nitrogens with zero attached hydrogens (tertiary/aromatic N) is 2. The Morgan fingerprint density at radius 1 is 1.53 bits per heavy atom. The van der Waals surface area contributed by atoms with Gasteiger partial charge in [0.25, 0.3) is 0 Å². The summed E-state index contributed by atoms with van der Waals surface area (Å²) in [6.45, 7) is 10.4. The zero-order valence-electron chi connectivity index (χ0n) is 12.5. The van der Waals surface area contributed by atoms with Crippen LogP contribution in [0.15, 0.2) is 18.3 Å². The molecule has 0 spiro atoms. The van der Waals surface area contributed by atoms with E-state index in [-0.39, 0.29) is 0 Å². The Bertz CT molecular complexity index is 389. The Balaban J connectivity index is 1.92. The van der Waals surface area contributed by atoms with Crippen LogP contribution in [0.25, 0.3) is 0 Å². The van der Waals surface area contributed by atoms with Crippen LogP contribution in [0.4, 0.5) is 5.69 Å². The van der Waals surface area contributed by atoms with E-state index < -0.39 is 0 Å². The van der Waals surface area contributed by atoms with E-state index in [1.807, 2.05) is 12.3 Å². The van der Waals surface area contributed by atoms with Crippen molar-refractivity contribution in [2.45, 2.75) is 46.1 Å². The molecule has 2 rings (SSSR count). The van der Waals surface area contributed by atoms with Crippen LogP contribution in [0.3, 0.4) is 0 Å². The molecule has 106 valence electrons. The van der Waals surface area contributed by atoms with Crippen LogP contribution in [-0.2, 0) is 0 Å². The van der Waals surface area contributed by atoms with Crippen molar-refractivity contribution < 1.29 is 0 Å². The number of anilines is 1. The molecule has 1 aromatic rings. The lowest BCUT2D eigenvalue weighted by Gasteiger charge is -2.36. The summed E-state index contributed by atoms with van der Waals surface area (Å²) >= 11 is 0. The summed E-state index contributed by atoms with van der Waals surface area (Å²) in [7, 11) is 0. The smallest absolute Gasteiger partial charge is 0.0603 e. The van der Waals surface area contributed by atoms with E-state index in [9.17, 15) is 0 Å². The van der Waals surface area contributed by atoms with E-state index in [2.05, 4.69) is 42.0 Å². The number of rotatable bonds is 5. The summed E-state index contributed by atoms with van der Waals surface area (Å²) in [5, 5.41) is 3.65. The van der Waals surface area contributed by atoms with Crippen LogP contribution in [-0.4, -0.2) is 35.6 Å². The lowest BCUT2D eigenvalue weighted by molar-refractivity contribution is 0.165. The Hall–Kier alpha value is -1.09. The predicted octanol–water partition coefficient (Wildman–Crippen LogP) is 3.31. The number of hydrogen-bond donors (Lipinski definition) is 1. The molecule has 1 saturated heterocycles. The minimum atomic E-state index is 0.516. The first-order valence-corrected chi connectivity index (χ1v) is 7.61. The van der Waals surface area contributed by atoms with Gasteiger partial charge >= 0.3 is 0 Å². The van der Waals surface area contributed by atoms with E-state index >= 15 is 0 Å². The van der Waals surface area contributed by atoms with E-state index in [1.54, 1.807) is 0 Å². The molecule has 0 aromatic carbocycles. The highest BCUT2D eigenvalue weighted by molar-refractivity contribution is 5.47. The number of hydrogen-bond acceptors (Lipinski definition) is 3. The standard InChI is InChI=1S/C16H27N3/c1-4-10-19-11-6-7-15(12-19)13(2)18-16-8-5-9-17-14(16)3/h5,8-9,13,15,18H,4,6-7,10-12H2,1-3H3. The molecule has 0 aliphatic carbocycles. The third-order valence-electron chi connectivity index (χ3n) is 4.18. The van der Waals surface area contributed by atoms with Crippen molar-refractivity contribution in [1.82, 2.24) is 9.88 Å². The fourth-order valence-corrected chi connectivity index (χ4v) is 3.02. The van der Waals surface area contributed by atoms with Crippen molar-refractivity contribution >= 4 is 5.69 Å². The monoisotopic (exact) mass is 261 g/mol. The zero-order valence-corrected chi connectivity index (χ0v) is 12.5. The molecule has 2 unspecified atom stereocenters. The molecule has 2 atom stereocenters. The molecule has 1 aliphatic heterocycles. The molecular formula is C16H27N3. The highest BCUT2D eigenvalue weighted by Crippen LogP contribution is 2.23. The summed E-state index contributed by atoms with van der Waals surface area (Å²) in [4.78, 5) is 6.96. The lowest BCUT2D eigenvalue weighted by atomic mass is 9.91. The molecule has 1 aromatic heterocycles. The number of aromatic nitrogens is 1. The maximum absolute atomic E-state index is 4.35. The van der Waals surface area contributed by atoms with Crippen molar-refractivity contribution in [3.8, 4) is 0 Å². The second-order valence-corrected chi connectivity index (χ2v) is 5.77. The van der Waals surface area contributed by atoms with Crippen molar-refractivity contribution in [1.29, 1.82) is 0 Å². The number of likely N-dealkylation sites (tertiary alicyclic amines) is 1. The number of piperidine rings is 1. The minimum absolute atomic E-state index is 0.516. The van der Waals surface area contributed by atoms with Gasteiger partial charge in [0, 0.05) is 18.8 Å². The molecule has 3 heteroatoms. The lowest BCUT2D eigenvalue weighted by Crippen LogP contribution is -2.42. The summed E-state index contributed by atoms with van der Waals surface area (Å²) < 4.78 is 0. The number of pyridine rings is 1. The van der Waals surface area contributed by atoms with Crippen molar-refractivity contribution in [3.63, 3.8) is 0 Å². The third kappa shape index (κ3) is 3.93. The van der Waals surface area contributed by atoms with Gasteiger partial charge in [0.15, 0.2) is 0 Å². The Kier molecular flexibility index (Phi) is 5.20. The number of aryl methyl sites for hydroxylation is 1. The largest absolute Gasteiger partial charge is 0.381 e. The van der Waals surface area contributed by atoms with Crippen LogP contribution >= 0.6 is 0 Å². The van der Waals surface area contributed by atoms with Crippen LogP contribution in [0.1, 0.15) is 38.8 Å². The predicted molar refractivity (Wildman–Crippen MR) is 81.5 cm³/mol. The maximum Gasteiger partial charge on any atom is 0.0603 e. The van der Waals surface area contributed by atoms with Gasteiger partial charge in [-0.2, -0.15) is 0 Å². The molecule has 0 radical (unpaired) electrons. The van der Waals surface area contributed by atoms with Gasteiger partial charge in [0.2, 0.25) is 0 Å². The second kappa shape index (κ2) is 6.90. The van der Waals surface area contributed by atoms with Gasteiger partial charge in [-0.1, -0.05) is 6.92 Å². The zero-order chi connectivity index (χ0) is 13.7. The van der Waals surface area contributed by atoms with E-state index in [0.717, 1.165) is 11.6 Å². The molecule has 0 saturated carbocycles. The van der Waals surface area contributed by atoms with Gasteiger partial charge in [0.05, 0.1) is 11.4 Å². The molecule has 19 heavy (non-hydrogen) atoms. The molecular weight excluding hydrogens is 234 g/mol. The minimum Gasteiger partial charge on any atom is -0.381 e. The molecule has 2 heterocycles. The summed E-state index contributed by atoms with van der Waals surface area (Å²) in [5.74, 6) is 0.750. The van der Waals surface area contributed by atoms with Crippen LogP contribution in [0.2, 0.25) is 0 Å². The maximum atomic E-state index is 4.35. The van der Waals surface area contributed by atoms with E-state index in [4.69, 9.17) is 0 Å². The average molecular weight is 261 g/mol. The highest BCUT2D eigenvalue weighted by atomic mass is 15.1. The molecule has 0 bridgehead atoms. The molecule has 0 amide bonds. The molecule has 1 fully saturated rings. The van der Waals surface area contributed by atoms with Gasteiger partial charge < -0.3 is 10.2 Å². The van der Waals surface area contributed by atoms with Crippen molar-refractivity contribution in [2.75, 3.05) is 25.0 Å². The quantitative estimate of drug-likeness (QED) is 0.881. The van der Waals surface area contributed by atoms with Gasteiger partial charge in [-0.3, -0.25) is 4.98 Å². The van der Waals surface area contributed by atoms with Gasteiger partial charge in [0.1, 0.15) is 0 Å². The Labute approximate surface area is 117 Å². The van der Waals surface area contributed by atoms with E-state index in [1.165, 1.54) is 44.6 Å². The first kappa shape index (κ1) is 14.3. The van der Waals surface area contributed by atoms with Gasteiger partial charge in [-0.05, 0) is 64.3 Å². The average Bonchev–Trinajstić information content (AvgIpc) is 2.42. The molecule has 1 aliphatic rings. The second-order valence-electron chi connectivity index (χ2n) is 5.77. The SMILES string of the molecule is CCCN1CCCC(C(C)Nc2cccnc2C)C1. The first-order chi connectivity index (χ1) is 9.20. The summed E-state index contributed by atoms with van der Waals surface area (Å²) in [6, 6.07) is 4.65. The Morgan fingerprint density at radius 2 is 2.37 bits per heavy atom. The normalized spacial score (nSPS) is 22.2. The first-order valence-electron chi connectivity index (χ1n) is 7.61. The van der Waals surface area contributed by atoms with Crippen molar-refractivity contribution in [2.24, 2.45) is 5.92 Å². The Morgan fingerprint density at radius 3 is 3.11 bits per heavy atom. The van der Waals surface area contributed by atoms with Crippen LogP contribution in [0.5, 0.6) is 0 Å². The fourth-order valence-electron chi connectivity index (χ4n) is 3.02. The van der Waals surface area contributed by atoms with Gasteiger partial charge in [-0.15, -0.1) is 0 Å². The molecule has 1 N–H and O–H groups in total. The summed E-state index contributed by atoms with van der Waals surface area (Å²) in [6.07, 6.45) is 5.79. The topological polar surface area (TPSA) is 28.2 Å². The summed E-state index contributed by atoms with van der Waals surface area (Å²) in [5.41, 5.74) is 2.28. The van der Waals surface area contributed by atoms with Crippen LogP contribution < -0.4 is 5.32 Å². The number of nitrogens with one attached hydrogen (secondary N) is 1.